The van der Waals surface area contributed by atoms with E-state index in [4.69, 9.17) is 37.4 Å². The Hall–Kier alpha value is -3.40. The highest BCUT2D eigenvalue weighted by Gasteiger charge is 2.33. The number of carbonyl (C=O) groups excluding carboxylic acids is 2. The second-order valence-electron chi connectivity index (χ2n) is 8.10. The number of ether oxygens (including phenoxy) is 3. The van der Waals surface area contributed by atoms with Crippen LogP contribution in [0.15, 0.2) is 63.5 Å². The fraction of sp³-hybridized carbons (Fsp3) is 0.259. The Labute approximate surface area is 232 Å². The zero-order valence-corrected chi connectivity index (χ0v) is 23.2. The van der Waals surface area contributed by atoms with E-state index in [1.54, 1.807) is 19.1 Å². The molecule has 2 heterocycles. The van der Waals surface area contributed by atoms with Crippen molar-refractivity contribution in [1.29, 1.82) is 0 Å². The van der Waals surface area contributed by atoms with Gasteiger partial charge in [0.25, 0.3) is 5.56 Å². The van der Waals surface area contributed by atoms with E-state index >= 15 is 0 Å². The summed E-state index contributed by atoms with van der Waals surface area (Å²) in [6, 6.07) is 11.6. The van der Waals surface area contributed by atoms with Crippen molar-refractivity contribution >= 4 is 52.6 Å². The number of carbonyl (C=O) groups is 2. The third-order valence-corrected chi connectivity index (χ3v) is 7.21. The zero-order chi connectivity index (χ0) is 27.4. The fourth-order valence-corrected chi connectivity index (χ4v) is 5.70. The summed E-state index contributed by atoms with van der Waals surface area (Å²) in [5.41, 5.74) is 1.63. The molecule has 11 heteroatoms. The fourth-order valence-electron chi connectivity index (χ4n) is 4.13. The molecular formula is C27H24Cl2N2O6S. The van der Waals surface area contributed by atoms with Gasteiger partial charge in [0, 0.05) is 10.6 Å². The van der Waals surface area contributed by atoms with E-state index in [1.807, 2.05) is 37.3 Å². The van der Waals surface area contributed by atoms with Gasteiger partial charge in [-0.05, 0) is 37.1 Å². The van der Waals surface area contributed by atoms with Crippen molar-refractivity contribution in [3.8, 4) is 5.75 Å². The lowest BCUT2D eigenvalue weighted by atomic mass is 9.95. The Morgan fingerprint density at radius 2 is 1.89 bits per heavy atom. The maximum absolute atomic E-state index is 13.8. The van der Waals surface area contributed by atoms with Gasteiger partial charge in [0.1, 0.15) is 5.75 Å². The van der Waals surface area contributed by atoms with Gasteiger partial charge in [-0.2, -0.15) is 0 Å². The molecule has 0 fully saturated rings. The lowest BCUT2D eigenvalue weighted by molar-refractivity contribution is -0.145. The number of halogens is 2. The van der Waals surface area contributed by atoms with Gasteiger partial charge in [-0.15, -0.1) is 0 Å². The molecule has 0 saturated carbocycles. The first-order chi connectivity index (χ1) is 18.3. The molecule has 0 unspecified atom stereocenters. The molecule has 198 valence electrons. The van der Waals surface area contributed by atoms with E-state index in [9.17, 15) is 14.4 Å². The van der Waals surface area contributed by atoms with Crippen LogP contribution in [0.1, 0.15) is 37.4 Å². The van der Waals surface area contributed by atoms with Gasteiger partial charge >= 0.3 is 11.9 Å². The molecule has 0 aliphatic carbocycles. The molecule has 0 N–H and O–H groups in total. The molecule has 1 aliphatic rings. The first-order valence-electron chi connectivity index (χ1n) is 11.7. The summed E-state index contributed by atoms with van der Waals surface area (Å²) in [6.07, 6.45) is 2.05. The van der Waals surface area contributed by atoms with Crippen LogP contribution in [-0.4, -0.2) is 36.8 Å². The minimum Gasteiger partial charge on any atom is -0.480 e. The summed E-state index contributed by atoms with van der Waals surface area (Å²) >= 11 is 13.8. The topological polar surface area (TPSA) is 96.2 Å². The van der Waals surface area contributed by atoms with Crippen LogP contribution in [0.25, 0.3) is 6.08 Å². The number of nitrogens with zero attached hydrogens (tertiary/aromatic N) is 2. The Kier molecular flexibility index (Phi) is 8.71. The van der Waals surface area contributed by atoms with Gasteiger partial charge in [0.2, 0.25) is 0 Å². The Morgan fingerprint density at radius 1 is 1.16 bits per heavy atom. The van der Waals surface area contributed by atoms with E-state index in [0.29, 0.717) is 37.6 Å². The van der Waals surface area contributed by atoms with Gasteiger partial charge in [-0.3, -0.25) is 9.36 Å². The number of benzene rings is 2. The largest absolute Gasteiger partial charge is 0.480 e. The van der Waals surface area contributed by atoms with E-state index in [-0.39, 0.29) is 29.5 Å². The van der Waals surface area contributed by atoms with Crippen LogP contribution in [0.3, 0.4) is 0 Å². The maximum atomic E-state index is 13.8. The Balaban J connectivity index is 1.91. The van der Waals surface area contributed by atoms with Crippen LogP contribution in [0.4, 0.5) is 0 Å². The average Bonchev–Trinajstić information content (AvgIpc) is 3.21. The lowest BCUT2D eigenvalue weighted by Gasteiger charge is -2.25. The zero-order valence-electron chi connectivity index (χ0n) is 20.8. The normalized spacial score (nSPS) is 15.1. The van der Waals surface area contributed by atoms with Crippen molar-refractivity contribution in [3.63, 3.8) is 0 Å². The van der Waals surface area contributed by atoms with Crippen LogP contribution < -0.4 is 19.6 Å². The minimum absolute atomic E-state index is 0.171. The number of rotatable bonds is 8. The Morgan fingerprint density at radius 3 is 2.55 bits per heavy atom. The van der Waals surface area contributed by atoms with E-state index in [1.165, 1.54) is 17.7 Å². The maximum Gasteiger partial charge on any atom is 0.344 e. The van der Waals surface area contributed by atoms with E-state index in [2.05, 4.69) is 4.99 Å². The molecule has 1 aromatic heterocycles. The second-order valence-corrected chi connectivity index (χ2v) is 9.95. The molecule has 2 aromatic carbocycles. The third kappa shape index (κ3) is 5.55. The summed E-state index contributed by atoms with van der Waals surface area (Å²) in [5.74, 6) is -0.932. The standard InChI is InChI=1S/C27H24Cl2N2O6S/c1-4-19-22(26(34)35-3)23(15-9-7-6-8-10-15)31-25(33)20(38-27(31)30-19)12-16-11-17(28)13-18(29)24(16)37-14-21(32)36-5-2/h6-13,23H,4-5,14H2,1-3H3/b20-12+/t23-/m1/s1. The van der Waals surface area contributed by atoms with Gasteiger partial charge in [0.15, 0.2) is 11.4 Å². The van der Waals surface area contributed by atoms with E-state index in [0.717, 1.165) is 16.9 Å². The second kappa shape index (κ2) is 12.0. The lowest BCUT2D eigenvalue weighted by Crippen LogP contribution is -2.40. The number of thiazole rings is 1. The highest BCUT2D eigenvalue weighted by Crippen LogP contribution is 2.34. The molecule has 0 bridgehead atoms. The predicted octanol–water partition coefficient (Wildman–Crippen LogP) is 4.05. The Bertz CT molecular complexity index is 1590. The van der Waals surface area contributed by atoms with E-state index < -0.39 is 18.0 Å². The number of esters is 2. The molecule has 38 heavy (non-hydrogen) atoms. The predicted molar refractivity (Wildman–Crippen MR) is 145 cm³/mol. The molecule has 3 aromatic rings. The number of methoxy groups -OCH3 is 1. The molecule has 1 aliphatic heterocycles. The highest BCUT2D eigenvalue weighted by molar-refractivity contribution is 7.07. The third-order valence-electron chi connectivity index (χ3n) is 5.73. The van der Waals surface area contributed by atoms with Crippen LogP contribution in [0, 0.1) is 0 Å². The number of hydrogen-bond donors (Lipinski definition) is 0. The molecule has 4 rings (SSSR count). The van der Waals surface area contributed by atoms with Crippen LogP contribution in [-0.2, 0) is 19.1 Å². The van der Waals surface area contributed by atoms with Crippen LogP contribution in [0.2, 0.25) is 10.0 Å². The molecule has 1 atom stereocenters. The molecule has 8 nitrogen and oxygen atoms in total. The quantitative estimate of drug-likeness (QED) is 0.377. The molecule has 0 saturated heterocycles. The molecule has 0 amide bonds. The summed E-state index contributed by atoms with van der Waals surface area (Å²) in [7, 11) is 1.30. The van der Waals surface area contributed by atoms with Crippen molar-refractivity contribution in [2.24, 2.45) is 4.99 Å². The summed E-state index contributed by atoms with van der Waals surface area (Å²) in [4.78, 5) is 43.6. The van der Waals surface area contributed by atoms with Crippen molar-refractivity contribution in [2.75, 3.05) is 20.3 Å². The number of allylic oxidation sites excluding steroid dienone is 1. The highest BCUT2D eigenvalue weighted by atomic mass is 35.5. The smallest absolute Gasteiger partial charge is 0.344 e. The number of hydrogen-bond acceptors (Lipinski definition) is 8. The van der Waals surface area contributed by atoms with Gasteiger partial charge in [0.05, 0.1) is 40.6 Å². The van der Waals surface area contributed by atoms with Crippen molar-refractivity contribution in [2.45, 2.75) is 26.3 Å². The summed E-state index contributed by atoms with van der Waals surface area (Å²) < 4.78 is 17.4. The van der Waals surface area contributed by atoms with Crippen LogP contribution in [0.5, 0.6) is 5.75 Å². The van der Waals surface area contributed by atoms with Crippen molar-refractivity contribution in [3.05, 3.63) is 94.6 Å². The molecule has 0 spiro atoms. The van der Waals surface area contributed by atoms with Crippen molar-refractivity contribution < 1.29 is 23.8 Å². The number of aromatic nitrogens is 1. The van der Waals surface area contributed by atoms with Gasteiger partial charge in [-0.25, -0.2) is 14.6 Å². The van der Waals surface area contributed by atoms with Gasteiger partial charge in [-0.1, -0.05) is 71.8 Å². The van der Waals surface area contributed by atoms with Crippen LogP contribution >= 0.6 is 34.5 Å². The monoisotopic (exact) mass is 574 g/mol. The first-order valence-corrected chi connectivity index (χ1v) is 13.3. The van der Waals surface area contributed by atoms with Crippen molar-refractivity contribution in [1.82, 2.24) is 4.57 Å². The minimum atomic E-state index is -0.723. The molecule has 0 radical (unpaired) electrons. The summed E-state index contributed by atoms with van der Waals surface area (Å²) in [6.45, 7) is 3.42. The summed E-state index contributed by atoms with van der Waals surface area (Å²) in [5, 5.41) is 0.491. The average molecular weight is 575 g/mol. The first kappa shape index (κ1) is 27.6. The number of fused-ring (bicyclic) bond motifs is 1. The SMILES string of the molecule is CCOC(=O)COc1c(Cl)cc(Cl)cc1/C=c1/sc2n(c1=O)[C@H](c1ccccc1)C(C(=O)OC)=C(CC)N=2. The molecular weight excluding hydrogens is 551 g/mol. The van der Waals surface area contributed by atoms with Gasteiger partial charge < -0.3 is 14.2 Å².